The van der Waals surface area contributed by atoms with Crippen molar-refractivity contribution in [1.29, 1.82) is 0 Å². The van der Waals surface area contributed by atoms with Gasteiger partial charge in [0.05, 0.1) is 25.5 Å². The fourth-order valence-corrected chi connectivity index (χ4v) is 6.66. The molecular formula is C28H36NO8P. The molecule has 0 fully saturated rings. The van der Waals surface area contributed by atoms with Gasteiger partial charge in [0, 0.05) is 0 Å². The van der Waals surface area contributed by atoms with Crippen LogP contribution in [0.3, 0.4) is 0 Å². The van der Waals surface area contributed by atoms with E-state index in [1.807, 2.05) is 0 Å². The number of ether oxygens (including phenoxy) is 2. The average Bonchev–Trinajstić information content (AvgIpc) is 3.10. The van der Waals surface area contributed by atoms with Crippen LogP contribution in [0.15, 0.2) is 54.6 Å². The lowest BCUT2D eigenvalue weighted by atomic mass is 9.72. The van der Waals surface area contributed by atoms with Gasteiger partial charge >= 0.3 is 19.7 Å². The van der Waals surface area contributed by atoms with Gasteiger partial charge in [-0.1, -0.05) is 48.5 Å². The van der Waals surface area contributed by atoms with Crippen LogP contribution in [0.4, 0.5) is 10.5 Å². The van der Waals surface area contributed by atoms with E-state index < -0.39 is 42.2 Å². The average molecular weight is 546 g/mol. The Bertz CT molecular complexity index is 1200. The van der Waals surface area contributed by atoms with Crippen LogP contribution in [0.1, 0.15) is 59.1 Å². The van der Waals surface area contributed by atoms with Crippen LogP contribution in [0, 0.1) is 0 Å². The number of benzene rings is 2. The molecule has 3 rings (SSSR count). The number of nitrogens with zero attached hydrogens (tertiary/aromatic N) is 1. The van der Waals surface area contributed by atoms with Gasteiger partial charge in [-0.25, -0.2) is 9.69 Å². The van der Waals surface area contributed by atoms with Crippen LogP contribution >= 0.6 is 7.60 Å². The van der Waals surface area contributed by atoms with E-state index in [9.17, 15) is 18.9 Å². The van der Waals surface area contributed by atoms with Crippen molar-refractivity contribution >= 4 is 31.3 Å². The Labute approximate surface area is 223 Å². The summed E-state index contributed by atoms with van der Waals surface area (Å²) in [7, 11) is -4.11. The van der Waals surface area contributed by atoms with Crippen molar-refractivity contribution in [2.45, 2.75) is 64.6 Å². The number of fused-ring (bicyclic) bond motifs is 1. The van der Waals surface area contributed by atoms with Gasteiger partial charge in [0.15, 0.2) is 5.66 Å². The van der Waals surface area contributed by atoms with Gasteiger partial charge in [-0.3, -0.25) is 14.2 Å². The van der Waals surface area contributed by atoms with Gasteiger partial charge in [-0.05, 0) is 65.2 Å². The molecule has 0 saturated heterocycles. The summed E-state index contributed by atoms with van der Waals surface area (Å²) in [5.41, 5.74) is -2.60. The van der Waals surface area contributed by atoms with Crippen molar-refractivity contribution in [2.24, 2.45) is 0 Å². The summed E-state index contributed by atoms with van der Waals surface area (Å²) in [6.07, 6.45) is -1.17. The first-order valence-corrected chi connectivity index (χ1v) is 14.3. The van der Waals surface area contributed by atoms with Crippen molar-refractivity contribution in [3.05, 3.63) is 65.7 Å². The van der Waals surface area contributed by atoms with Crippen LogP contribution < -0.4 is 4.90 Å². The van der Waals surface area contributed by atoms with Gasteiger partial charge < -0.3 is 18.5 Å². The first-order valence-electron chi connectivity index (χ1n) is 12.7. The number of hydrogen-bond acceptors (Lipinski definition) is 8. The van der Waals surface area contributed by atoms with E-state index in [1.165, 1.54) is 0 Å². The second kappa shape index (κ2) is 11.8. The molecule has 0 aromatic heterocycles. The predicted molar refractivity (Wildman–Crippen MR) is 143 cm³/mol. The summed E-state index contributed by atoms with van der Waals surface area (Å²) in [6.45, 7) is 10.1. The summed E-state index contributed by atoms with van der Waals surface area (Å²) in [6, 6.07) is 15.6. The number of hydrogen-bond donors (Lipinski definition) is 0. The molecule has 1 aliphatic rings. The minimum atomic E-state index is -4.11. The molecule has 0 N–H and O–H groups in total. The molecular weight excluding hydrogens is 509 g/mol. The summed E-state index contributed by atoms with van der Waals surface area (Å²) < 4.78 is 36.1. The SMILES string of the molecule is CCOC(=O)[C@@H](C[C@]1(c2ccccc2)C(=O)N(C(=O)OC(C)(C)C)c2ccccc21)P(=O)(OCC)OCC. The lowest BCUT2D eigenvalue weighted by molar-refractivity contribution is -0.143. The first kappa shape index (κ1) is 29.6. The monoisotopic (exact) mass is 545 g/mol. The molecule has 2 amide bonds. The number of carbonyl (C=O) groups is 3. The quantitative estimate of drug-likeness (QED) is 0.271. The highest BCUT2D eigenvalue weighted by Crippen LogP contribution is 2.59. The molecule has 0 bridgehead atoms. The minimum Gasteiger partial charge on any atom is -0.465 e. The molecule has 0 radical (unpaired) electrons. The highest BCUT2D eigenvalue weighted by atomic mass is 31.2. The number of esters is 1. The Kier molecular flexibility index (Phi) is 9.18. The molecule has 2 aromatic rings. The van der Waals surface area contributed by atoms with Crippen LogP contribution in [-0.2, 0) is 38.1 Å². The standard InChI is InChI=1S/C28H36NO8P/c1-7-34-24(30)23(38(33,35-8-2)36-9-3)19-28(20-15-11-10-12-16-20)21-17-13-14-18-22(21)29(25(28)31)26(32)37-27(4,5)6/h10-18,23H,7-9,19H2,1-6H3/t23-,28-/m1/s1. The summed E-state index contributed by atoms with van der Waals surface area (Å²) in [5, 5.41) is 0. The van der Waals surface area contributed by atoms with Gasteiger partial charge in [-0.2, -0.15) is 0 Å². The first-order chi connectivity index (χ1) is 17.9. The molecule has 1 aliphatic heterocycles. The second-order valence-electron chi connectivity index (χ2n) is 9.76. The molecule has 0 saturated carbocycles. The maximum Gasteiger partial charge on any atom is 0.421 e. The Balaban J connectivity index is 2.30. The maximum absolute atomic E-state index is 14.5. The van der Waals surface area contributed by atoms with Gasteiger partial charge in [0.1, 0.15) is 11.0 Å². The highest BCUT2D eigenvalue weighted by molar-refractivity contribution is 7.55. The van der Waals surface area contributed by atoms with E-state index in [4.69, 9.17) is 18.5 Å². The van der Waals surface area contributed by atoms with E-state index in [1.54, 1.807) is 96.1 Å². The van der Waals surface area contributed by atoms with E-state index in [0.717, 1.165) is 4.90 Å². The zero-order valence-corrected chi connectivity index (χ0v) is 23.7. The lowest BCUT2D eigenvalue weighted by Crippen LogP contribution is -2.48. The lowest BCUT2D eigenvalue weighted by Gasteiger charge is -2.34. The summed E-state index contributed by atoms with van der Waals surface area (Å²) in [4.78, 5) is 42.2. The van der Waals surface area contributed by atoms with E-state index in [0.29, 0.717) is 16.8 Å². The molecule has 9 nitrogen and oxygen atoms in total. The smallest absolute Gasteiger partial charge is 0.421 e. The summed E-state index contributed by atoms with van der Waals surface area (Å²) >= 11 is 0. The minimum absolute atomic E-state index is 0.0140. The van der Waals surface area contributed by atoms with Crippen molar-refractivity contribution in [1.82, 2.24) is 0 Å². The molecule has 2 aromatic carbocycles. The Morgan fingerprint density at radius 3 is 2.05 bits per heavy atom. The van der Waals surface area contributed by atoms with Crippen LogP contribution in [0.2, 0.25) is 0 Å². The molecule has 0 spiro atoms. The largest absolute Gasteiger partial charge is 0.465 e. The topological polar surface area (TPSA) is 108 Å². The summed E-state index contributed by atoms with van der Waals surface area (Å²) in [5.74, 6) is -1.44. The normalized spacial score (nSPS) is 18.2. The Morgan fingerprint density at radius 2 is 1.50 bits per heavy atom. The molecule has 206 valence electrons. The number of rotatable bonds is 10. The van der Waals surface area contributed by atoms with E-state index in [2.05, 4.69) is 0 Å². The van der Waals surface area contributed by atoms with Gasteiger partial charge in [-0.15, -0.1) is 0 Å². The fourth-order valence-electron chi connectivity index (χ4n) is 4.68. The van der Waals surface area contributed by atoms with Gasteiger partial charge in [0.2, 0.25) is 0 Å². The molecule has 1 heterocycles. The van der Waals surface area contributed by atoms with Crippen LogP contribution in [0.25, 0.3) is 0 Å². The molecule has 0 aliphatic carbocycles. The number of imide groups is 1. The number of anilines is 1. The van der Waals surface area contributed by atoms with Crippen molar-refractivity contribution in [3.63, 3.8) is 0 Å². The van der Waals surface area contributed by atoms with Crippen molar-refractivity contribution in [3.8, 4) is 0 Å². The fraction of sp³-hybridized carbons (Fsp3) is 0.464. The third-order valence-electron chi connectivity index (χ3n) is 6.07. The van der Waals surface area contributed by atoms with Gasteiger partial charge in [0.25, 0.3) is 5.91 Å². The molecule has 0 unspecified atom stereocenters. The number of carbonyl (C=O) groups excluding carboxylic acids is 3. The maximum atomic E-state index is 14.5. The number of amides is 2. The van der Waals surface area contributed by atoms with E-state index in [-0.39, 0.29) is 26.2 Å². The van der Waals surface area contributed by atoms with E-state index >= 15 is 0 Å². The Hall–Kier alpha value is -3.00. The van der Waals surface area contributed by atoms with Crippen molar-refractivity contribution < 1.29 is 37.5 Å². The third-order valence-corrected chi connectivity index (χ3v) is 8.47. The zero-order chi connectivity index (χ0) is 28.1. The molecule has 2 atom stereocenters. The second-order valence-corrected chi connectivity index (χ2v) is 12.0. The third kappa shape index (κ3) is 5.70. The molecule has 10 heteroatoms. The van der Waals surface area contributed by atoms with Crippen LogP contribution in [-0.4, -0.2) is 49.1 Å². The predicted octanol–water partition coefficient (Wildman–Crippen LogP) is 5.84. The van der Waals surface area contributed by atoms with Crippen molar-refractivity contribution in [2.75, 3.05) is 24.7 Å². The Morgan fingerprint density at radius 1 is 0.921 bits per heavy atom. The molecule has 38 heavy (non-hydrogen) atoms. The van der Waals surface area contributed by atoms with Crippen LogP contribution in [0.5, 0.6) is 0 Å². The zero-order valence-electron chi connectivity index (χ0n) is 22.8. The highest BCUT2D eigenvalue weighted by Gasteiger charge is 2.59. The number of para-hydroxylation sites is 1.